The van der Waals surface area contributed by atoms with Gasteiger partial charge in [0.1, 0.15) is 23.7 Å². The average molecular weight is 724 g/mol. The molecule has 4 aromatic rings. The molecule has 5 amide bonds. The van der Waals surface area contributed by atoms with Crippen molar-refractivity contribution in [1.82, 2.24) is 25.0 Å². The minimum atomic E-state index is -1.30. The van der Waals surface area contributed by atoms with Gasteiger partial charge in [-0.1, -0.05) is 18.2 Å². The van der Waals surface area contributed by atoms with E-state index in [1.54, 1.807) is 10.3 Å². The maximum Gasteiger partial charge on any atom is 0.255 e. The van der Waals surface area contributed by atoms with Gasteiger partial charge in [-0.3, -0.25) is 39.5 Å². The number of benzene rings is 3. The van der Waals surface area contributed by atoms with Crippen molar-refractivity contribution in [3.63, 3.8) is 0 Å². The van der Waals surface area contributed by atoms with Crippen LogP contribution in [0.1, 0.15) is 61.9 Å². The van der Waals surface area contributed by atoms with Crippen molar-refractivity contribution < 1.29 is 33.5 Å². The van der Waals surface area contributed by atoms with Gasteiger partial charge in [-0.05, 0) is 59.5 Å². The summed E-state index contributed by atoms with van der Waals surface area (Å²) in [5.41, 5.74) is 4.54. The topological polar surface area (TPSA) is 155 Å². The number of carbonyl (C=O) groups is 5. The molecular weight excluding hydrogens is 690 g/mol. The number of piperidine rings is 1. The van der Waals surface area contributed by atoms with Crippen molar-refractivity contribution in [2.45, 2.75) is 44.6 Å². The lowest BCUT2D eigenvalue weighted by Gasteiger charge is -2.36. The van der Waals surface area contributed by atoms with E-state index in [1.807, 2.05) is 36.4 Å². The molecule has 5 heterocycles. The number of aromatic hydroxyl groups is 1. The number of thiazole rings is 1. The number of carbonyl (C=O) groups excluding carboxylic acids is 5. The molecule has 0 aliphatic carbocycles. The van der Waals surface area contributed by atoms with E-state index in [9.17, 15) is 33.5 Å². The third kappa shape index (κ3) is 6.26. The zero-order valence-corrected chi connectivity index (χ0v) is 28.7. The van der Waals surface area contributed by atoms with Gasteiger partial charge in [-0.25, -0.2) is 9.37 Å². The van der Waals surface area contributed by atoms with Crippen molar-refractivity contribution in [1.29, 1.82) is 0 Å². The van der Waals surface area contributed by atoms with Gasteiger partial charge in [0.25, 0.3) is 17.7 Å². The molecule has 52 heavy (non-hydrogen) atoms. The summed E-state index contributed by atoms with van der Waals surface area (Å²) in [5.74, 6) is -2.89. The molecule has 1 aromatic heterocycles. The van der Waals surface area contributed by atoms with E-state index in [4.69, 9.17) is 0 Å². The summed E-state index contributed by atoms with van der Waals surface area (Å²) in [6.07, 6.45) is 2.07. The Kier molecular flexibility index (Phi) is 8.67. The summed E-state index contributed by atoms with van der Waals surface area (Å²) >= 11 is 1.20. The first kappa shape index (κ1) is 33.5. The molecule has 4 aliphatic rings. The largest absolute Gasteiger partial charge is 0.508 e. The van der Waals surface area contributed by atoms with Gasteiger partial charge in [0.05, 0.1) is 0 Å². The first-order valence-electron chi connectivity index (χ1n) is 17.0. The molecule has 13 nitrogen and oxygen atoms in total. The van der Waals surface area contributed by atoms with Crippen LogP contribution >= 0.6 is 11.3 Å². The monoisotopic (exact) mass is 723 g/mol. The predicted molar refractivity (Wildman–Crippen MR) is 188 cm³/mol. The van der Waals surface area contributed by atoms with E-state index >= 15 is 0 Å². The van der Waals surface area contributed by atoms with E-state index in [0.717, 1.165) is 47.6 Å². The second kappa shape index (κ2) is 13.5. The summed E-state index contributed by atoms with van der Waals surface area (Å²) in [4.78, 5) is 76.1. The van der Waals surface area contributed by atoms with Crippen molar-refractivity contribution in [2.75, 3.05) is 36.4 Å². The maximum atomic E-state index is 14.4. The van der Waals surface area contributed by atoms with Crippen molar-refractivity contribution in [3.05, 3.63) is 105 Å². The van der Waals surface area contributed by atoms with Gasteiger partial charge < -0.3 is 19.8 Å². The lowest BCUT2D eigenvalue weighted by molar-refractivity contribution is -0.137. The average Bonchev–Trinajstić information content (AvgIpc) is 3.84. The molecule has 3 N–H and O–H groups in total. The van der Waals surface area contributed by atoms with Gasteiger partial charge in [-0.2, -0.15) is 0 Å². The molecule has 0 bridgehead atoms. The molecule has 3 aromatic carbocycles. The number of rotatable bonds is 8. The quantitative estimate of drug-likeness (QED) is 0.232. The highest BCUT2D eigenvalue weighted by molar-refractivity contribution is 7.13. The number of nitrogens with one attached hydrogen (secondary N) is 2. The third-order valence-electron chi connectivity index (χ3n) is 10.2. The first-order chi connectivity index (χ1) is 25.1. The summed E-state index contributed by atoms with van der Waals surface area (Å²) in [5, 5.41) is 17.7. The number of halogens is 1. The Bertz CT molecular complexity index is 2120. The van der Waals surface area contributed by atoms with Gasteiger partial charge in [0.15, 0.2) is 5.13 Å². The summed E-state index contributed by atoms with van der Waals surface area (Å²) in [6, 6.07) is 12.8. The van der Waals surface area contributed by atoms with E-state index < -0.39 is 35.6 Å². The third-order valence-corrected chi connectivity index (χ3v) is 10.9. The molecule has 2 atom stereocenters. The van der Waals surface area contributed by atoms with Crippen LogP contribution in [0.3, 0.4) is 0 Å². The minimum absolute atomic E-state index is 0.0202. The molecule has 0 spiro atoms. The fourth-order valence-electron chi connectivity index (χ4n) is 7.52. The van der Waals surface area contributed by atoms with Crippen LogP contribution in [0.25, 0.3) is 0 Å². The van der Waals surface area contributed by atoms with Crippen molar-refractivity contribution in [3.8, 4) is 5.75 Å². The number of fused-ring (bicyclic) bond motifs is 2. The second-order valence-electron chi connectivity index (χ2n) is 13.4. The number of anilines is 2. The van der Waals surface area contributed by atoms with Gasteiger partial charge in [-0.15, -0.1) is 11.3 Å². The Morgan fingerprint density at radius 2 is 1.79 bits per heavy atom. The summed E-state index contributed by atoms with van der Waals surface area (Å²) in [6.45, 7) is 4.05. The molecule has 8 rings (SSSR count). The number of nitrogens with zero attached hydrogens (tertiary/aromatic N) is 5. The normalized spacial score (nSPS) is 19.5. The SMILES string of the molecule is O=C1CCC(N2Cc3cc(CN4CCN(c5ccc6c(c5)C(=O)N(C(C(=O)Nc5nccs5)c5cc(F)ccc5O)C6)CC4)ccc3C2=O)C(=O)N1. The van der Waals surface area contributed by atoms with Crippen LogP contribution in [-0.2, 0) is 34.0 Å². The first-order valence-corrected chi connectivity index (χ1v) is 17.9. The number of imide groups is 1. The molecule has 2 saturated heterocycles. The van der Waals surface area contributed by atoms with Crippen LogP contribution in [0, 0.1) is 5.82 Å². The number of hydrogen-bond donors (Lipinski definition) is 3. The Balaban J connectivity index is 0.925. The van der Waals surface area contributed by atoms with E-state index in [2.05, 4.69) is 25.4 Å². The molecule has 0 saturated carbocycles. The van der Waals surface area contributed by atoms with Crippen LogP contribution in [-0.4, -0.2) is 86.5 Å². The number of piperazine rings is 1. The van der Waals surface area contributed by atoms with E-state index in [1.165, 1.54) is 28.5 Å². The van der Waals surface area contributed by atoms with Gasteiger partial charge in [0.2, 0.25) is 11.8 Å². The molecule has 4 aliphatic heterocycles. The fourth-order valence-corrected chi connectivity index (χ4v) is 8.05. The lowest BCUT2D eigenvalue weighted by atomic mass is 10.0. The lowest BCUT2D eigenvalue weighted by Crippen LogP contribution is -2.52. The highest BCUT2D eigenvalue weighted by Gasteiger charge is 2.41. The van der Waals surface area contributed by atoms with Gasteiger partial charge >= 0.3 is 0 Å². The number of amides is 5. The predicted octanol–water partition coefficient (Wildman–Crippen LogP) is 3.41. The van der Waals surface area contributed by atoms with Crippen LogP contribution < -0.4 is 15.5 Å². The summed E-state index contributed by atoms with van der Waals surface area (Å²) < 4.78 is 14.4. The smallest absolute Gasteiger partial charge is 0.255 e. The number of phenolic OH excluding ortho intramolecular Hbond substituents is 1. The zero-order chi connectivity index (χ0) is 36.1. The Morgan fingerprint density at radius 1 is 0.962 bits per heavy atom. The Labute approximate surface area is 301 Å². The van der Waals surface area contributed by atoms with Crippen LogP contribution in [0.15, 0.2) is 66.2 Å². The second-order valence-corrected chi connectivity index (χ2v) is 14.3. The van der Waals surface area contributed by atoms with Crippen LogP contribution in [0.2, 0.25) is 0 Å². The standard InChI is InChI=1S/C37H34FN7O6S/c38-24-3-7-30(46)28(16-24)32(34(49)41-37-39-9-14-52-37)45-19-22-2-4-25(17-27(22)36(45)51)43-12-10-42(11-13-43)18-21-1-5-26-23(15-21)20-44(35(26)50)29-6-8-31(47)40-33(29)48/h1-5,7,9,14-17,29,32,46H,6,8,10-13,18-20H2,(H,39,41,49)(H,40,47,48). The highest BCUT2D eigenvalue weighted by Crippen LogP contribution is 2.38. The number of aromatic nitrogens is 1. The molecule has 15 heteroatoms. The van der Waals surface area contributed by atoms with Crippen molar-refractivity contribution >= 4 is 51.7 Å². The molecular formula is C37H34FN7O6S. The molecule has 2 fully saturated rings. The number of hydrogen-bond acceptors (Lipinski definition) is 10. The Morgan fingerprint density at radius 3 is 2.56 bits per heavy atom. The van der Waals surface area contributed by atoms with E-state index in [0.29, 0.717) is 48.9 Å². The molecule has 0 radical (unpaired) electrons. The fraction of sp³-hybridized carbons (Fsp3) is 0.297. The van der Waals surface area contributed by atoms with Crippen molar-refractivity contribution in [2.24, 2.45) is 0 Å². The Hall–Kier alpha value is -5.67. The highest BCUT2D eigenvalue weighted by atomic mass is 32.1. The molecule has 266 valence electrons. The van der Waals surface area contributed by atoms with E-state index in [-0.39, 0.29) is 36.1 Å². The maximum absolute atomic E-state index is 14.4. The zero-order valence-electron chi connectivity index (χ0n) is 27.9. The van der Waals surface area contributed by atoms with Crippen LogP contribution in [0.5, 0.6) is 5.75 Å². The van der Waals surface area contributed by atoms with Gasteiger partial charge in [0, 0.05) is 86.2 Å². The van der Waals surface area contributed by atoms with Crippen LogP contribution in [0.4, 0.5) is 15.2 Å². The number of phenols is 1. The summed E-state index contributed by atoms with van der Waals surface area (Å²) in [7, 11) is 0. The minimum Gasteiger partial charge on any atom is -0.508 e. The molecule has 2 unspecified atom stereocenters.